The van der Waals surface area contributed by atoms with E-state index < -0.39 is 23.6 Å². The van der Waals surface area contributed by atoms with E-state index in [2.05, 4.69) is 0 Å². The molecule has 1 atom stereocenters. The van der Waals surface area contributed by atoms with Gasteiger partial charge in [0.15, 0.2) is 0 Å². The van der Waals surface area contributed by atoms with Gasteiger partial charge in [-0.2, -0.15) is 0 Å². The molecule has 0 unspecified atom stereocenters. The average molecular weight is 250 g/mol. The predicted octanol–water partition coefficient (Wildman–Crippen LogP) is 0.503. The van der Waals surface area contributed by atoms with E-state index in [0.29, 0.717) is 5.69 Å². The lowest BCUT2D eigenvalue weighted by Gasteiger charge is -2.26. The maximum absolute atomic E-state index is 11.8. The van der Waals surface area contributed by atoms with Crippen LogP contribution in [0, 0.1) is 0 Å². The number of carbonyl (C=O) groups excluding carboxylic acids is 3. The molecule has 6 nitrogen and oxygen atoms in total. The average Bonchev–Trinajstić information content (AvgIpc) is 2.38. The summed E-state index contributed by atoms with van der Waals surface area (Å²) in [5.74, 6) is -2.26. The number of ketones is 1. The molecule has 18 heavy (non-hydrogen) atoms. The number of carbonyl (C=O) groups is 3. The van der Waals surface area contributed by atoms with Gasteiger partial charge < -0.3 is 0 Å². The van der Waals surface area contributed by atoms with Gasteiger partial charge in [0, 0.05) is 12.6 Å². The van der Waals surface area contributed by atoms with E-state index >= 15 is 0 Å². The number of benzene rings is 1. The summed E-state index contributed by atoms with van der Waals surface area (Å²) in [5, 5.41) is 8.60. The van der Waals surface area contributed by atoms with Crippen LogP contribution >= 0.6 is 0 Å². The topological polar surface area (TPSA) is 86.7 Å². The number of Topliss-reactive ketones (excluding diaryl/α,β-unsaturated/α-hetero) is 1. The van der Waals surface area contributed by atoms with Gasteiger partial charge in [-0.3, -0.25) is 24.5 Å². The number of rotatable bonds is 4. The zero-order valence-corrected chi connectivity index (χ0v) is 10.1. The summed E-state index contributed by atoms with van der Waals surface area (Å²) in [6.45, 7) is 2.54. The van der Waals surface area contributed by atoms with Crippen molar-refractivity contribution in [2.24, 2.45) is 0 Å². The second kappa shape index (κ2) is 5.92. The number of anilines is 1. The van der Waals surface area contributed by atoms with Crippen molar-refractivity contribution in [1.82, 2.24) is 5.48 Å². The summed E-state index contributed by atoms with van der Waals surface area (Å²) in [6, 6.07) is 7.31. The Morgan fingerprint density at radius 1 is 1.22 bits per heavy atom. The molecule has 0 aliphatic rings. The third-order valence-corrected chi connectivity index (χ3v) is 2.43. The largest absolute Gasteiger partial charge is 0.294 e. The second-order valence-electron chi connectivity index (χ2n) is 3.72. The normalized spacial score (nSPS) is 11.5. The number of hydroxylamine groups is 1. The Morgan fingerprint density at radius 2 is 1.78 bits per heavy atom. The molecule has 0 aliphatic carbocycles. The van der Waals surface area contributed by atoms with Crippen LogP contribution in [-0.2, 0) is 14.4 Å². The summed E-state index contributed by atoms with van der Waals surface area (Å²) < 4.78 is 0. The van der Waals surface area contributed by atoms with Gasteiger partial charge in [0.1, 0.15) is 6.04 Å². The molecule has 0 heterocycles. The van der Waals surface area contributed by atoms with E-state index in [1.165, 1.54) is 12.4 Å². The minimum absolute atomic E-state index is 0.411. The summed E-state index contributed by atoms with van der Waals surface area (Å²) in [7, 11) is 0. The Balaban J connectivity index is 3.15. The van der Waals surface area contributed by atoms with Crippen molar-refractivity contribution >= 4 is 23.3 Å². The molecule has 0 aromatic heterocycles. The summed E-state index contributed by atoms with van der Waals surface area (Å²) in [4.78, 5) is 35.4. The summed E-state index contributed by atoms with van der Waals surface area (Å²) in [6.07, 6.45) is 0. The molecule has 0 saturated heterocycles. The summed E-state index contributed by atoms with van der Waals surface area (Å²) in [5.41, 5.74) is 1.88. The Morgan fingerprint density at radius 3 is 2.22 bits per heavy atom. The van der Waals surface area contributed by atoms with Gasteiger partial charge in [-0.1, -0.05) is 18.2 Å². The Bertz CT molecular complexity index is 458. The van der Waals surface area contributed by atoms with Crippen LogP contribution in [0.25, 0.3) is 0 Å². The van der Waals surface area contributed by atoms with Gasteiger partial charge >= 0.3 is 0 Å². The minimum atomic E-state index is -0.992. The van der Waals surface area contributed by atoms with Gasteiger partial charge in [-0.05, 0) is 19.1 Å². The second-order valence-corrected chi connectivity index (χ2v) is 3.72. The fourth-order valence-electron chi connectivity index (χ4n) is 1.49. The quantitative estimate of drug-likeness (QED) is 0.463. The van der Waals surface area contributed by atoms with Crippen molar-refractivity contribution in [1.29, 1.82) is 0 Å². The maximum atomic E-state index is 11.8. The first kappa shape index (κ1) is 13.9. The molecule has 2 N–H and O–H groups in total. The monoisotopic (exact) mass is 250 g/mol. The molecule has 1 rings (SSSR count). The first-order valence-electron chi connectivity index (χ1n) is 5.32. The van der Waals surface area contributed by atoms with Crippen molar-refractivity contribution in [3.8, 4) is 0 Å². The first-order valence-corrected chi connectivity index (χ1v) is 5.32. The number of amides is 2. The number of para-hydroxylation sites is 1. The molecule has 6 heteroatoms. The highest BCUT2D eigenvalue weighted by molar-refractivity contribution is 6.41. The molecule has 0 radical (unpaired) electrons. The highest BCUT2D eigenvalue weighted by Crippen LogP contribution is 2.17. The van der Waals surface area contributed by atoms with Gasteiger partial charge in [0.25, 0.3) is 11.8 Å². The van der Waals surface area contributed by atoms with Crippen molar-refractivity contribution in [2.45, 2.75) is 19.9 Å². The van der Waals surface area contributed by atoms with Crippen molar-refractivity contribution < 1.29 is 19.6 Å². The van der Waals surface area contributed by atoms with E-state index in [1.807, 2.05) is 0 Å². The number of hydrogen-bond donors (Lipinski definition) is 2. The highest BCUT2D eigenvalue weighted by atomic mass is 16.5. The van der Waals surface area contributed by atoms with E-state index in [-0.39, 0.29) is 0 Å². The predicted molar refractivity (Wildman–Crippen MR) is 64.0 cm³/mol. The molecular formula is C12H14N2O4. The fraction of sp³-hybridized carbons (Fsp3) is 0.250. The van der Waals surface area contributed by atoms with Crippen LogP contribution in [0.3, 0.4) is 0 Å². The van der Waals surface area contributed by atoms with E-state index in [4.69, 9.17) is 5.21 Å². The SMILES string of the molecule is CC(=O)C(=O)N(c1ccccc1)[C@@H](C)C(=O)NO. The van der Waals surface area contributed by atoms with Crippen molar-refractivity contribution in [3.05, 3.63) is 30.3 Å². The molecule has 1 aromatic carbocycles. The molecule has 0 fully saturated rings. The lowest BCUT2D eigenvalue weighted by atomic mass is 10.2. The van der Waals surface area contributed by atoms with E-state index in [0.717, 1.165) is 11.8 Å². The van der Waals surface area contributed by atoms with Crippen LogP contribution < -0.4 is 10.4 Å². The van der Waals surface area contributed by atoms with Gasteiger partial charge in [0.05, 0.1) is 0 Å². The molecule has 0 bridgehead atoms. The Hall–Kier alpha value is -2.21. The molecule has 0 aliphatic heterocycles. The zero-order valence-electron chi connectivity index (χ0n) is 10.1. The summed E-state index contributed by atoms with van der Waals surface area (Å²) >= 11 is 0. The van der Waals surface area contributed by atoms with Crippen molar-refractivity contribution in [3.63, 3.8) is 0 Å². The highest BCUT2D eigenvalue weighted by Gasteiger charge is 2.29. The minimum Gasteiger partial charge on any atom is -0.294 e. The van der Waals surface area contributed by atoms with Crippen LogP contribution in [0.5, 0.6) is 0 Å². The van der Waals surface area contributed by atoms with Crippen LogP contribution in [0.4, 0.5) is 5.69 Å². The number of hydrogen-bond acceptors (Lipinski definition) is 4. The van der Waals surface area contributed by atoms with Crippen LogP contribution in [0.15, 0.2) is 30.3 Å². The maximum Gasteiger partial charge on any atom is 0.294 e. The molecular weight excluding hydrogens is 236 g/mol. The van der Waals surface area contributed by atoms with Crippen LogP contribution in [0.1, 0.15) is 13.8 Å². The molecule has 0 spiro atoms. The lowest BCUT2D eigenvalue weighted by Crippen LogP contribution is -2.49. The molecule has 96 valence electrons. The first-order chi connectivity index (χ1) is 8.49. The van der Waals surface area contributed by atoms with Gasteiger partial charge in [-0.15, -0.1) is 0 Å². The van der Waals surface area contributed by atoms with Crippen LogP contribution in [0.2, 0.25) is 0 Å². The van der Waals surface area contributed by atoms with E-state index in [1.54, 1.807) is 30.3 Å². The third-order valence-electron chi connectivity index (χ3n) is 2.43. The standard InChI is InChI=1S/C12H14N2O4/c1-8(11(16)13-18)14(12(17)9(2)15)10-6-4-3-5-7-10/h3-8,18H,1-2H3,(H,13,16)/t8-/m0/s1. The van der Waals surface area contributed by atoms with Gasteiger partial charge in [-0.25, -0.2) is 5.48 Å². The zero-order chi connectivity index (χ0) is 13.7. The molecule has 2 amide bonds. The Kier molecular flexibility index (Phi) is 4.56. The third kappa shape index (κ3) is 2.92. The van der Waals surface area contributed by atoms with E-state index in [9.17, 15) is 14.4 Å². The van der Waals surface area contributed by atoms with Crippen LogP contribution in [-0.4, -0.2) is 28.8 Å². The Labute approximate surface area is 104 Å². The van der Waals surface area contributed by atoms with Gasteiger partial charge in [0.2, 0.25) is 5.78 Å². The number of nitrogens with zero attached hydrogens (tertiary/aromatic N) is 1. The fourth-order valence-corrected chi connectivity index (χ4v) is 1.49. The number of nitrogens with one attached hydrogen (secondary N) is 1. The molecule has 1 aromatic rings. The molecule has 0 saturated carbocycles. The lowest BCUT2D eigenvalue weighted by molar-refractivity contribution is -0.137. The smallest absolute Gasteiger partial charge is 0.294 e. The van der Waals surface area contributed by atoms with Crippen molar-refractivity contribution in [2.75, 3.05) is 4.90 Å².